The number of nitrogen functional groups attached to an aromatic ring is 1. The minimum atomic E-state index is 0.351. The molecular formula is C15H16N4. The van der Waals surface area contributed by atoms with Crippen LogP contribution in [0.15, 0.2) is 42.7 Å². The highest BCUT2D eigenvalue weighted by Crippen LogP contribution is 2.32. The van der Waals surface area contributed by atoms with Crippen molar-refractivity contribution in [2.24, 2.45) is 0 Å². The summed E-state index contributed by atoms with van der Waals surface area (Å²) in [6.45, 7) is 4.30. The summed E-state index contributed by atoms with van der Waals surface area (Å²) in [6, 6.07) is 9.96. The summed E-state index contributed by atoms with van der Waals surface area (Å²) in [5, 5.41) is 4.67. The molecule has 0 amide bonds. The Morgan fingerprint density at radius 3 is 2.79 bits per heavy atom. The lowest BCUT2D eigenvalue weighted by atomic mass is 9.99. The number of rotatable bonds is 2. The minimum Gasteiger partial charge on any atom is -0.384 e. The van der Waals surface area contributed by atoms with Crippen molar-refractivity contribution in [2.75, 3.05) is 5.73 Å². The van der Waals surface area contributed by atoms with E-state index >= 15 is 0 Å². The highest BCUT2D eigenvalue weighted by Gasteiger charge is 2.16. The molecule has 0 bridgehead atoms. The molecule has 3 rings (SSSR count). The highest BCUT2D eigenvalue weighted by atomic mass is 15.2. The van der Waals surface area contributed by atoms with Gasteiger partial charge in [0, 0.05) is 18.0 Å². The van der Waals surface area contributed by atoms with Gasteiger partial charge in [-0.05, 0) is 35.7 Å². The van der Waals surface area contributed by atoms with Gasteiger partial charge in [-0.15, -0.1) is 0 Å². The normalized spacial score (nSPS) is 11.3. The van der Waals surface area contributed by atoms with Gasteiger partial charge in [0.2, 0.25) is 0 Å². The lowest BCUT2D eigenvalue weighted by Gasteiger charge is -2.06. The van der Waals surface area contributed by atoms with Gasteiger partial charge in [-0.1, -0.05) is 19.9 Å². The molecule has 3 aromatic rings. The molecule has 0 saturated heterocycles. The molecular weight excluding hydrogens is 236 g/mol. The summed E-state index contributed by atoms with van der Waals surface area (Å²) in [6.07, 6.45) is 3.70. The van der Waals surface area contributed by atoms with E-state index in [-0.39, 0.29) is 0 Å². The number of nitrogens with zero attached hydrogens (tertiary/aromatic N) is 3. The van der Waals surface area contributed by atoms with Crippen molar-refractivity contribution in [3.05, 3.63) is 48.4 Å². The molecule has 0 aliphatic heterocycles. The Balaban J connectivity index is 2.34. The van der Waals surface area contributed by atoms with Crippen LogP contribution < -0.4 is 5.73 Å². The smallest absolute Gasteiger partial charge is 0.123 e. The average Bonchev–Trinajstić information content (AvgIpc) is 2.78. The van der Waals surface area contributed by atoms with Gasteiger partial charge in [0.05, 0.1) is 11.2 Å². The van der Waals surface area contributed by atoms with Gasteiger partial charge in [-0.2, -0.15) is 5.10 Å². The standard InChI is InChI=1S/C15H16N4/c1-10(2)15-14(11-6-7-17-13(16)9-11)12-5-3-4-8-19(12)18-15/h3-10H,1-2H3,(H2,16,17). The third kappa shape index (κ3) is 1.95. The Morgan fingerprint density at radius 2 is 2.05 bits per heavy atom. The molecule has 4 nitrogen and oxygen atoms in total. The first-order valence-electron chi connectivity index (χ1n) is 6.36. The second-order valence-electron chi connectivity index (χ2n) is 4.91. The fourth-order valence-electron chi connectivity index (χ4n) is 2.32. The zero-order chi connectivity index (χ0) is 13.4. The Labute approximate surface area is 111 Å². The summed E-state index contributed by atoms with van der Waals surface area (Å²) in [4.78, 5) is 4.05. The van der Waals surface area contributed by atoms with Crippen molar-refractivity contribution in [2.45, 2.75) is 19.8 Å². The summed E-state index contributed by atoms with van der Waals surface area (Å²) in [5.74, 6) is 0.881. The van der Waals surface area contributed by atoms with Gasteiger partial charge in [0.25, 0.3) is 0 Å². The van der Waals surface area contributed by atoms with E-state index in [1.165, 1.54) is 0 Å². The van der Waals surface area contributed by atoms with Crippen LogP contribution in [0.1, 0.15) is 25.5 Å². The van der Waals surface area contributed by atoms with E-state index in [0.29, 0.717) is 11.7 Å². The molecule has 96 valence electrons. The van der Waals surface area contributed by atoms with E-state index in [4.69, 9.17) is 5.73 Å². The third-order valence-electron chi connectivity index (χ3n) is 3.18. The minimum absolute atomic E-state index is 0.351. The first-order chi connectivity index (χ1) is 9.16. The zero-order valence-corrected chi connectivity index (χ0v) is 11.0. The molecule has 0 aliphatic rings. The molecule has 0 aromatic carbocycles. The van der Waals surface area contributed by atoms with Crippen LogP contribution in [-0.2, 0) is 0 Å². The zero-order valence-electron chi connectivity index (χ0n) is 11.0. The molecule has 3 aromatic heterocycles. The molecule has 0 fully saturated rings. The Morgan fingerprint density at radius 1 is 1.21 bits per heavy atom. The van der Waals surface area contributed by atoms with E-state index in [0.717, 1.165) is 22.3 Å². The predicted octanol–water partition coefficient (Wildman–Crippen LogP) is 3.10. The van der Waals surface area contributed by atoms with Crippen molar-refractivity contribution >= 4 is 11.3 Å². The first kappa shape index (κ1) is 11.7. The summed E-state index contributed by atoms with van der Waals surface area (Å²) in [7, 11) is 0. The van der Waals surface area contributed by atoms with Gasteiger partial charge in [-0.3, -0.25) is 0 Å². The molecule has 0 atom stereocenters. The van der Waals surface area contributed by atoms with E-state index in [1.54, 1.807) is 6.20 Å². The molecule has 4 heteroatoms. The number of anilines is 1. The van der Waals surface area contributed by atoms with E-state index in [1.807, 2.05) is 35.0 Å². The topological polar surface area (TPSA) is 56.2 Å². The van der Waals surface area contributed by atoms with Crippen molar-refractivity contribution < 1.29 is 0 Å². The Hall–Kier alpha value is -2.36. The van der Waals surface area contributed by atoms with Crippen LogP contribution in [0.25, 0.3) is 16.6 Å². The molecule has 0 spiro atoms. The highest BCUT2D eigenvalue weighted by molar-refractivity contribution is 5.83. The SMILES string of the molecule is CC(C)c1nn2ccccc2c1-c1ccnc(N)c1. The van der Waals surface area contributed by atoms with Gasteiger partial charge in [0.15, 0.2) is 0 Å². The summed E-state index contributed by atoms with van der Waals surface area (Å²) < 4.78 is 1.92. The second kappa shape index (κ2) is 4.39. The number of nitrogens with two attached hydrogens (primary N) is 1. The van der Waals surface area contributed by atoms with Crippen LogP contribution in [0.5, 0.6) is 0 Å². The van der Waals surface area contributed by atoms with Crippen LogP contribution in [0.2, 0.25) is 0 Å². The van der Waals surface area contributed by atoms with Crippen molar-refractivity contribution in [3.63, 3.8) is 0 Å². The third-order valence-corrected chi connectivity index (χ3v) is 3.18. The predicted molar refractivity (Wildman–Crippen MR) is 76.9 cm³/mol. The summed E-state index contributed by atoms with van der Waals surface area (Å²) >= 11 is 0. The Bertz CT molecular complexity index is 728. The maximum absolute atomic E-state index is 5.80. The number of pyridine rings is 2. The molecule has 0 radical (unpaired) electrons. The van der Waals surface area contributed by atoms with Crippen LogP contribution in [0.4, 0.5) is 5.82 Å². The number of aromatic nitrogens is 3. The van der Waals surface area contributed by atoms with Crippen molar-refractivity contribution in [3.8, 4) is 11.1 Å². The summed E-state index contributed by atoms with van der Waals surface area (Å²) in [5.41, 5.74) is 10.2. The van der Waals surface area contributed by atoms with Crippen molar-refractivity contribution in [1.82, 2.24) is 14.6 Å². The maximum Gasteiger partial charge on any atom is 0.123 e. The number of fused-ring (bicyclic) bond motifs is 1. The molecule has 0 unspecified atom stereocenters. The number of hydrogen-bond acceptors (Lipinski definition) is 3. The fraction of sp³-hybridized carbons (Fsp3) is 0.200. The van der Waals surface area contributed by atoms with Crippen LogP contribution in [-0.4, -0.2) is 14.6 Å². The monoisotopic (exact) mass is 252 g/mol. The largest absolute Gasteiger partial charge is 0.384 e. The first-order valence-corrected chi connectivity index (χ1v) is 6.36. The van der Waals surface area contributed by atoms with Gasteiger partial charge >= 0.3 is 0 Å². The maximum atomic E-state index is 5.80. The van der Waals surface area contributed by atoms with Crippen molar-refractivity contribution in [1.29, 1.82) is 0 Å². The van der Waals surface area contributed by atoms with E-state index in [2.05, 4.69) is 30.0 Å². The van der Waals surface area contributed by atoms with Gasteiger partial charge < -0.3 is 5.73 Å². The lowest BCUT2D eigenvalue weighted by Crippen LogP contribution is -1.93. The van der Waals surface area contributed by atoms with E-state index < -0.39 is 0 Å². The van der Waals surface area contributed by atoms with E-state index in [9.17, 15) is 0 Å². The molecule has 19 heavy (non-hydrogen) atoms. The van der Waals surface area contributed by atoms with Gasteiger partial charge in [-0.25, -0.2) is 9.50 Å². The molecule has 0 aliphatic carbocycles. The van der Waals surface area contributed by atoms with Gasteiger partial charge in [0.1, 0.15) is 5.82 Å². The second-order valence-corrected chi connectivity index (χ2v) is 4.91. The Kier molecular flexibility index (Phi) is 2.71. The molecule has 2 N–H and O–H groups in total. The quantitative estimate of drug-likeness (QED) is 0.762. The molecule has 3 heterocycles. The average molecular weight is 252 g/mol. The van der Waals surface area contributed by atoms with Crippen LogP contribution >= 0.6 is 0 Å². The molecule has 0 saturated carbocycles. The van der Waals surface area contributed by atoms with Crippen LogP contribution in [0, 0.1) is 0 Å². The fourth-order valence-corrected chi connectivity index (χ4v) is 2.32. The van der Waals surface area contributed by atoms with Crippen LogP contribution in [0.3, 0.4) is 0 Å². The lowest BCUT2D eigenvalue weighted by molar-refractivity contribution is 0.789. The number of hydrogen-bond donors (Lipinski definition) is 1.